The van der Waals surface area contributed by atoms with E-state index < -0.39 is 6.10 Å². The predicted octanol–water partition coefficient (Wildman–Crippen LogP) is 16.3. The van der Waals surface area contributed by atoms with Crippen molar-refractivity contribution in [3.8, 4) is 0 Å². The molecule has 6 heteroatoms. The van der Waals surface area contributed by atoms with Crippen molar-refractivity contribution in [2.45, 2.75) is 258 Å². The lowest BCUT2D eigenvalue weighted by Crippen LogP contribution is -2.30. The number of esters is 3. The first-order chi connectivity index (χ1) is 29.0. The standard InChI is InChI=1S/C53H94O6/c1-4-7-10-13-16-19-22-25-26-27-29-31-34-37-40-43-46-52(55)58-49-50(48-57-51(54)45-42-39-36-33-30-24-21-18-15-12-9-6-3)59-53(56)47-44-41-38-35-32-28-23-20-17-14-11-8-5-2/h9,12,18,21,28,32,38,41,50H,4-8,10-11,13-17,19-20,22-27,29-31,33-37,39-40,42-49H2,1-3H3/b12-9-,21-18-,32-28-,41-38-. The summed E-state index contributed by atoms with van der Waals surface area (Å²) in [5.74, 6) is -0.976. The van der Waals surface area contributed by atoms with E-state index in [0.29, 0.717) is 19.3 Å². The Kier molecular flexibility index (Phi) is 45.9. The van der Waals surface area contributed by atoms with Crippen LogP contribution in [0.3, 0.4) is 0 Å². The summed E-state index contributed by atoms with van der Waals surface area (Å²) in [5, 5.41) is 0. The Balaban J connectivity index is 4.41. The summed E-state index contributed by atoms with van der Waals surface area (Å²) in [6.45, 7) is 6.47. The van der Waals surface area contributed by atoms with Gasteiger partial charge in [-0.2, -0.15) is 0 Å². The normalized spacial score (nSPS) is 12.4. The van der Waals surface area contributed by atoms with Crippen LogP contribution in [-0.4, -0.2) is 37.2 Å². The molecule has 0 aliphatic carbocycles. The summed E-state index contributed by atoms with van der Waals surface area (Å²) < 4.78 is 16.7. The van der Waals surface area contributed by atoms with Crippen molar-refractivity contribution in [1.82, 2.24) is 0 Å². The monoisotopic (exact) mass is 827 g/mol. The molecule has 1 unspecified atom stereocenters. The number of unbranched alkanes of at least 4 members (excludes halogenated alkanes) is 26. The van der Waals surface area contributed by atoms with Crippen molar-refractivity contribution in [3.63, 3.8) is 0 Å². The predicted molar refractivity (Wildman–Crippen MR) is 252 cm³/mol. The maximum Gasteiger partial charge on any atom is 0.306 e. The van der Waals surface area contributed by atoms with Crippen LogP contribution in [-0.2, 0) is 28.6 Å². The summed E-state index contributed by atoms with van der Waals surface area (Å²) >= 11 is 0. The zero-order valence-corrected chi connectivity index (χ0v) is 39.0. The topological polar surface area (TPSA) is 78.9 Å². The summed E-state index contributed by atoms with van der Waals surface area (Å²) in [6.07, 6.45) is 56.8. The third-order valence-electron chi connectivity index (χ3n) is 10.8. The van der Waals surface area contributed by atoms with Crippen molar-refractivity contribution in [2.24, 2.45) is 0 Å². The van der Waals surface area contributed by atoms with Crippen LogP contribution in [0.4, 0.5) is 0 Å². The van der Waals surface area contributed by atoms with Gasteiger partial charge in [-0.15, -0.1) is 0 Å². The van der Waals surface area contributed by atoms with Gasteiger partial charge >= 0.3 is 17.9 Å². The van der Waals surface area contributed by atoms with Crippen LogP contribution < -0.4 is 0 Å². The van der Waals surface area contributed by atoms with Gasteiger partial charge in [-0.05, 0) is 64.2 Å². The lowest BCUT2D eigenvalue weighted by atomic mass is 10.0. The van der Waals surface area contributed by atoms with Crippen LogP contribution in [0.15, 0.2) is 48.6 Å². The average molecular weight is 827 g/mol. The molecule has 6 nitrogen and oxygen atoms in total. The SMILES string of the molecule is CC/C=C\C/C=C\CCCCCCCC(=O)OCC(COC(=O)CCCCCCCCCCCCCCCCCC)OC(=O)CC/C=C\C/C=C\CCCCCCCC. The average Bonchev–Trinajstić information content (AvgIpc) is 3.23. The van der Waals surface area contributed by atoms with Crippen molar-refractivity contribution < 1.29 is 28.6 Å². The Bertz CT molecular complexity index is 1040. The molecule has 0 rings (SSSR count). The minimum absolute atomic E-state index is 0.0979. The molecule has 0 bridgehead atoms. The summed E-state index contributed by atoms with van der Waals surface area (Å²) in [4.78, 5) is 37.8. The van der Waals surface area contributed by atoms with E-state index in [0.717, 1.165) is 83.5 Å². The van der Waals surface area contributed by atoms with Gasteiger partial charge in [0.25, 0.3) is 0 Å². The summed E-state index contributed by atoms with van der Waals surface area (Å²) in [6, 6.07) is 0. The molecule has 0 aliphatic rings. The van der Waals surface area contributed by atoms with Crippen LogP contribution in [0.2, 0.25) is 0 Å². The molecule has 0 amide bonds. The molecule has 0 aromatic carbocycles. The van der Waals surface area contributed by atoms with Crippen molar-refractivity contribution in [2.75, 3.05) is 13.2 Å². The molecule has 0 aliphatic heterocycles. The smallest absolute Gasteiger partial charge is 0.306 e. The molecular formula is C53H94O6. The second-order valence-electron chi connectivity index (χ2n) is 16.7. The van der Waals surface area contributed by atoms with Crippen molar-refractivity contribution in [1.29, 1.82) is 0 Å². The highest BCUT2D eigenvalue weighted by Gasteiger charge is 2.19. The largest absolute Gasteiger partial charge is 0.462 e. The van der Waals surface area contributed by atoms with Crippen LogP contribution in [0.25, 0.3) is 0 Å². The molecule has 59 heavy (non-hydrogen) atoms. The highest BCUT2D eigenvalue weighted by Crippen LogP contribution is 2.15. The fourth-order valence-electron chi connectivity index (χ4n) is 7.06. The third kappa shape index (κ3) is 46.3. The molecule has 0 saturated heterocycles. The fraction of sp³-hybridized carbons (Fsp3) is 0.792. The van der Waals surface area contributed by atoms with Crippen LogP contribution in [0, 0.1) is 0 Å². The number of carbonyl (C=O) groups excluding carboxylic acids is 3. The molecular weight excluding hydrogens is 733 g/mol. The number of hydrogen-bond donors (Lipinski definition) is 0. The maximum atomic E-state index is 12.7. The number of ether oxygens (including phenoxy) is 3. The Morgan fingerprint density at radius 1 is 0.356 bits per heavy atom. The first kappa shape index (κ1) is 56.4. The lowest BCUT2D eigenvalue weighted by Gasteiger charge is -2.18. The Morgan fingerprint density at radius 2 is 0.695 bits per heavy atom. The fourth-order valence-corrected chi connectivity index (χ4v) is 7.06. The zero-order chi connectivity index (χ0) is 43.0. The van der Waals surface area contributed by atoms with Crippen LogP contribution in [0.1, 0.15) is 252 Å². The minimum Gasteiger partial charge on any atom is -0.462 e. The van der Waals surface area contributed by atoms with E-state index in [1.54, 1.807) is 0 Å². The molecule has 0 heterocycles. The van der Waals surface area contributed by atoms with E-state index in [1.807, 2.05) is 6.08 Å². The van der Waals surface area contributed by atoms with Gasteiger partial charge in [0.2, 0.25) is 0 Å². The summed E-state index contributed by atoms with van der Waals surface area (Å²) in [5.41, 5.74) is 0. The number of rotatable bonds is 45. The molecule has 0 aromatic heterocycles. The van der Waals surface area contributed by atoms with E-state index in [-0.39, 0.29) is 37.5 Å². The van der Waals surface area contributed by atoms with Crippen molar-refractivity contribution >= 4 is 17.9 Å². The number of allylic oxidation sites excluding steroid dienone is 8. The Labute approximate surface area is 365 Å². The first-order valence-electron chi connectivity index (χ1n) is 25.1. The van der Waals surface area contributed by atoms with Gasteiger partial charge in [-0.3, -0.25) is 14.4 Å². The Morgan fingerprint density at radius 3 is 1.08 bits per heavy atom. The molecule has 0 radical (unpaired) electrons. The second kappa shape index (κ2) is 48.0. The highest BCUT2D eigenvalue weighted by atomic mass is 16.6. The van der Waals surface area contributed by atoms with E-state index in [2.05, 4.69) is 63.3 Å². The molecule has 1 atom stereocenters. The van der Waals surface area contributed by atoms with Gasteiger partial charge < -0.3 is 14.2 Å². The van der Waals surface area contributed by atoms with E-state index in [4.69, 9.17) is 14.2 Å². The molecule has 0 aromatic rings. The van der Waals surface area contributed by atoms with E-state index >= 15 is 0 Å². The second-order valence-corrected chi connectivity index (χ2v) is 16.7. The van der Waals surface area contributed by atoms with Gasteiger partial charge in [0.05, 0.1) is 0 Å². The van der Waals surface area contributed by atoms with Crippen molar-refractivity contribution in [3.05, 3.63) is 48.6 Å². The zero-order valence-electron chi connectivity index (χ0n) is 39.0. The van der Waals surface area contributed by atoms with Gasteiger partial charge in [-0.25, -0.2) is 0 Å². The van der Waals surface area contributed by atoms with Gasteiger partial charge in [0.15, 0.2) is 6.10 Å². The Hall–Kier alpha value is -2.63. The molecule has 0 saturated carbocycles. The van der Waals surface area contributed by atoms with Crippen LogP contribution >= 0.6 is 0 Å². The van der Waals surface area contributed by atoms with Crippen LogP contribution in [0.5, 0.6) is 0 Å². The van der Waals surface area contributed by atoms with Gasteiger partial charge in [0, 0.05) is 19.3 Å². The summed E-state index contributed by atoms with van der Waals surface area (Å²) in [7, 11) is 0. The van der Waals surface area contributed by atoms with E-state index in [9.17, 15) is 14.4 Å². The minimum atomic E-state index is -0.805. The van der Waals surface area contributed by atoms with Gasteiger partial charge in [-0.1, -0.05) is 217 Å². The quantitative estimate of drug-likeness (QED) is 0.0263. The van der Waals surface area contributed by atoms with Gasteiger partial charge in [0.1, 0.15) is 13.2 Å². The molecule has 0 spiro atoms. The third-order valence-corrected chi connectivity index (χ3v) is 10.8. The molecule has 0 N–H and O–H groups in total. The lowest BCUT2D eigenvalue weighted by molar-refractivity contribution is -0.166. The molecule has 0 fully saturated rings. The van der Waals surface area contributed by atoms with E-state index in [1.165, 1.54) is 122 Å². The molecule has 342 valence electrons. The number of hydrogen-bond acceptors (Lipinski definition) is 6. The maximum absolute atomic E-state index is 12.7. The highest BCUT2D eigenvalue weighted by molar-refractivity contribution is 5.71. The number of carbonyl (C=O) groups is 3. The first-order valence-corrected chi connectivity index (χ1v) is 25.1.